The number of anilines is 2. The monoisotopic (exact) mass is 903 g/mol. The van der Waals surface area contributed by atoms with E-state index in [0.717, 1.165) is 41.5 Å². The van der Waals surface area contributed by atoms with Crippen LogP contribution in [0, 0.1) is 0 Å². The fourth-order valence-electron chi connectivity index (χ4n) is 10.3. The largest absolute Gasteiger partial charge is 0.436 e. The third-order valence-corrected chi connectivity index (χ3v) is 14.2. The van der Waals surface area contributed by atoms with E-state index in [0.29, 0.717) is 81.3 Å². The van der Waals surface area contributed by atoms with Gasteiger partial charge < -0.3 is 34.7 Å². The quantitative estimate of drug-likeness (QED) is 0.114. The summed E-state index contributed by atoms with van der Waals surface area (Å²) < 4.78 is 6.13. The lowest BCUT2D eigenvalue weighted by molar-refractivity contribution is -0.149. The molecular weight excluding hydrogens is 847 g/mol. The molecule has 4 fully saturated rings. The molecule has 67 heavy (non-hydrogen) atoms. The molecule has 0 bridgehead atoms. The molecule has 2 N–H and O–H groups in total. The van der Waals surface area contributed by atoms with Crippen molar-refractivity contribution < 1.29 is 33.2 Å². The zero-order valence-electron chi connectivity index (χ0n) is 38.1. The van der Waals surface area contributed by atoms with Gasteiger partial charge in [-0.15, -0.1) is 0 Å². The van der Waals surface area contributed by atoms with Gasteiger partial charge in [0.15, 0.2) is 5.76 Å². The highest BCUT2D eigenvalue weighted by atomic mass is 16.4. The number of carbonyl (C=O) groups excluding carboxylic acids is 6. The molecule has 0 saturated carbocycles. The number of hydrogen-bond donors (Lipinski definition) is 2. The van der Waals surface area contributed by atoms with Gasteiger partial charge in [0, 0.05) is 86.4 Å². The van der Waals surface area contributed by atoms with Crippen molar-refractivity contribution in [3.63, 3.8) is 0 Å². The van der Waals surface area contributed by atoms with Crippen LogP contribution < -0.4 is 10.6 Å². The molecule has 14 heteroatoms. The zero-order chi connectivity index (χ0) is 46.7. The predicted octanol–water partition coefficient (Wildman–Crippen LogP) is 7.81. The minimum absolute atomic E-state index is 0.0308. The molecule has 346 valence electrons. The average Bonchev–Trinajstić information content (AvgIpc) is 4.20. The van der Waals surface area contributed by atoms with Crippen LogP contribution in [0.1, 0.15) is 89.2 Å². The van der Waals surface area contributed by atoms with Gasteiger partial charge in [-0.1, -0.05) is 60.7 Å². The number of hydrogen-bond acceptors (Lipinski definition) is 8. The summed E-state index contributed by atoms with van der Waals surface area (Å²) in [4.78, 5) is 92.4. The molecule has 9 rings (SSSR count). The van der Waals surface area contributed by atoms with E-state index in [4.69, 9.17) is 4.42 Å². The number of oxazole rings is 1. The molecule has 4 aliphatic rings. The summed E-state index contributed by atoms with van der Waals surface area (Å²) >= 11 is 0. The van der Waals surface area contributed by atoms with Crippen molar-refractivity contribution >= 4 is 46.8 Å². The minimum Gasteiger partial charge on any atom is -0.436 e. The van der Waals surface area contributed by atoms with E-state index < -0.39 is 11.1 Å². The van der Waals surface area contributed by atoms with Gasteiger partial charge in [-0.05, 0) is 112 Å². The highest BCUT2D eigenvalue weighted by molar-refractivity contribution is 5.97. The molecular formula is C53H57N7O7. The molecule has 4 aliphatic heterocycles. The Balaban J connectivity index is 0.760. The Bertz CT molecular complexity index is 2460. The molecule has 0 radical (unpaired) electrons. The summed E-state index contributed by atoms with van der Waals surface area (Å²) in [6, 6.07) is 33.4. The van der Waals surface area contributed by atoms with Crippen molar-refractivity contribution in [2.24, 2.45) is 0 Å². The first-order valence-electron chi connectivity index (χ1n) is 23.5. The van der Waals surface area contributed by atoms with Crippen molar-refractivity contribution in [3.8, 4) is 22.8 Å². The molecule has 0 spiro atoms. The molecule has 4 saturated heterocycles. The van der Waals surface area contributed by atoms with Gasteiger partial charge in [-0.2, -0.15) is 0 Å². The third-order valence-electron chi connectivity index (χ3n) is 14.2. The number of nitrogens with zero attached hydrogens (tertiary/aromatic N) is 5. The first kappa shape index (κ1) is 45.1. The van der Waals surface area contributed by atoms with Gasteiger partial charge in [-0.25, -0.2) is 4.98 Å². The van der Waals surface area contributed by atoms with Gasteiger partial charge >= 0.3 is 0 Å². The van der Waals surface area contributed by atoms with Crippen molar-refractivity contribution in [2.45, 2.75) is 114 Å². The van der Waals surface area contributed by atoms with E-state index in [2.05, 4.69) is 15.6 Å². The Morgan fingerprint density at radius 1 is 0.612 bits per heavy atom. The first-order valence-corrected chi connectivity index (χ1v) is 23.5. The topological polar surface area (TPSA) is 165 Å². The molecule has 4 aromatic carbocycles. The fourth-order valence-corrected chi connectivity index (χ4v) is 10.3. The maximum Gasteiger partial charge on any atom is 0.248 e. The highest BCUT2D eigenvalue weighted by Gasteiger charge is 2.52. The van der Waals surface area contributed by atoms with E-state index in [1.165, 1.54) is 0 Å². The Labute approximate surface area is 390 Å². The van der Waals surface area contributed by atoms with Crippen molar-refractivity contribution in [1.29, 1.82) is 0 Å². The Morgan fingerprint density at radius 2 is 1.04 bits per heavy atom. The smallest absolute Gasteiger partial charge is 0.248 e. The van der Waals surface area contributed by atoms with Crippen LogP contribution in [0.25, 0.3) is 22.8 Å². The summed E-state index contributed by atoms with van der Waals surface area (Å²) in [6.07, 6.45) is 6.52. The normalized spacial score (nSPS) is 22.7. The van der Waals surface area contributed by atoms with E-state index in [1.807, 2.05) is 109 Å². The van der Waals surface area contributed by atoms with Gasteiger partial charge in [0.25, 0.3) is 0 Å². The second-order valence-corrected chi connectivity index (χ2v) is 18.8. The molecule has 14 nitrogen and oxygen atoms in total. The van der Waals surface area contributed by atoms with Crippen molar-refractivity contribution in [1.82, 2.24) is 24.6 Å². The summed E-state index contributed by atoms with van der Waals surface area (Å²) in [6.45, 7) is 5.57. The number of aromatic nitrogens is 1. The molecule has 1 aromatic heterocycles. The Morgan fingerprint density at radius 3 is 1.49 bits per heavy atom. The summed E-state index contributed by atoms with van der Waals surface area (Å²) in [7, 11) is 0. The van der Waals surface area contributed by atoms with Crippen LogP contribution in [0.5, 0.6) is 0 Å². The third kappa shape index (κ3) is 9.47. The number of amides is 6. The van der Waals surface area contributed by atoms with Crippen molar-refractivity contribution in [2.75, 3.05) is 23.7 Å². The lowest BCUT2D eigenvalue weighted by Crippen LogP contribution is -2.56. The van der Waals surface area contributed by atoms with Crippen LogP contribution in [0.2, 0.25) is 0 Å². The van der Waals surface area contributed by atoms with Crippen LogP contribution >= 0.6 is 0 Å². The second-order valence-electron chi connectivity index (χ2n) is 18.8. The zero-order valence-corrected chi connectivity index (χ0v) is 38.1. The summed E-state index contributed by atoms with van der Waals surface area (Å²) in [5.41, 5.74) is 2.73. The number of likely N-dealkylation sites (tertiary alicyclic amines) is 4. The number of carbonyl (C=O) groups is 6. The molecule has 5 heterocycles. The molecule has 6 amide bonds. The number of benzene rings is 4. The summed E-state index contributed by atoms with van der Waals surface area (Å²) in [5.74, 6) is 0.302. The van der Waals surface area contributed by atoms with Gasteiger partial charge in [0.2, 0.25) is 41.3 Å². The first-order chi connectivity index (χ1) is 32.4. The molecule has 2 unspecified atom stereocenters. The second kappa shape index (κ2) is 19.0. The molecule has 4 atom stereocenters. The van der Waals surface area contributed by atoms with E-state index in [-0.39, 0.29) is 60.4 Å². The SMILES string of the molecule is CC1(C(=O)N2CCC[C@H]2CC(=O)Nc2ccc(-c3cnc(-c4ccc(NC(=O)C[C@@H]5CCCN5C(=O)C5(C)CCC(=O)N5Cc5ccccc5)cc4)o3)cc2)CCC(=O)N1Cc1ccccc1. The van der Waals surface area contributed by atoms with Crippen LogP contribution in [-0.2, 0) is 41.9 Å². The highest BCUT2D eigenvalue weighted by Crippen LogP contribution is 2.38. The van der Waals surface area contributed by atoms with Gasteiger partial charge in [-0.3, -0.25) is 28.8 Å². The number of nitrogens with one attached hydrogen (secondary N) is 2. The van der Waals surface area contributed by atoms with Crippen LogP contribution in [0.4, 0.5) is 11.4 Å². The Hall–Kier alpha value is -7.09. The van der Waals surface area contributed by atoms with Gasteiger partial charge in [0.1, 0.15) is 11.1 Å². The van der Waals surface area contributed by atoms with E-state index >= 15 is 0 Å². The summed E-state index contributed by atoms with van der Waals surface area (Å²) in [5, 5.41) is 5.97. The van der Waals surface area contributed by atoms with Crippen LogP contribution in [0.15, 0.2) is 120 Å². The maximum absolute atomic E-state index is 14.1. The lowest BCUT2D eigenvalue weighted by Gasteiger charge is -2.39. The fraction of sp³-hybridized carbons (Fsp3) is 0.377. The lowest BCUT2D eigenvalue weighted by atomic mass is 9.95. The van der Waals surface area contributed by atoms with Crippen molar-refractivity contribution in [3.05, 3.63) is 127 Å². The van der Waals surface area contributed by atoms with E-state index in [1.54, 1.807) is 40.3 Å². The average molecular weight is 904 g/mol. The predicted molar refractivity (Wildman–Crippen MR) is 253 cm³/mol. The van der Waals surface area contributed by atoms with Gasteiger partial charge in [0.05, 0.1) is 6.20 Å². The number of rotatable bonds is 14. The van der Waals surface area contributed by atoms with E-state index in [9.17, 15) is 28.8 Å². The Kier molecular flexibility index (Phi) is 12.8. The minimum atomic E-state index is -0.960. The maximum atomic E-state index is 14.1. The molecule has 5 aromatic rings. The standard InChI is InChI=1S/C53H57N7O7/c1-52(27-25-47(63)59(52)34-36-11-5-3-6-12-36)50(65)57-29-9-15-42(57)31-45(61)55-40-21-17-38(18-22-40)44-33-54-49(67-44)39-19-23-41(24-20-39)56-46(62)32-43-16-10-30-58(43)51(66)53(2)28-26-48(64)60(53)35-37-13-7-4-8-14-37/h3-8,11-14,17-24,33,42-43H,9-10,15-16,25-32,34-35H2,1-2H3,(H,55,61)(H,56,62)/t42-,43-,52?,53?/m0/s1. The van der Waals surface area contributed by atoms with Crippen LogP contribution in [0.3, 0.4) is 0 Å². The molecule has 0 aliphatic carbocycles. The van der Waals surface area contributed by atoms with Crippen LogP contribution in [-0.4, -0.2) is 96.3 Å².